The third kappa shape index (κ3) is 3.12. The summed E-state index contributed by atoms with van der Waals surface area (Å²) in [4.78, 5) is 14.8. The average molecular weight is 303 g/mol. The van der Waals surface area contributed by atoms with E-state index in [1.165, 1.54) is 0 Å². The second kappa shape index (κ2) is 6.69. The van der Waals surface area contributed by atoms with Crippen LogP contribution in [0.15, 0.2) is 24.3 Å². The van der Waals surface area contributed by atoms with Crippen LogP contribution in [0.1, 0.15) is 38.2 Å². The molecule has 1 aromatic rings. The Morgan fingerprint density at radius 2 is 1.82 bits per heavy atom. The first-order valence-corrected chi connectivity index (χ1v) is 8.27. The number of amides is 1. The minimum absolute atomic E-state index is 0.256. The summed E-state index contributed by atoms with van der Waals surface area (Å²) >= 11 is 0. The summed E-state index contributed by atoms with van der Waals surface area (Å²) in [6.07, 6.45) is 5.03. The molecule has 0 radical (unpaired) electrons. The van der Waals surface area contributed by atoms with Crippen molar-refractivity contribution in [3.05, 3.63) is 29.8 Å². The topological polar surface area (TPSA) is 38.8 Å². The Kier molecular flexibility index (Phi) is 4.67. The van der Waals surface area contributed by atoms with Crippen molar-refractivity contribution in [1.29, 1.82) is 0 Å². The van der Waals surface area contributed by atoms with E-state index in [0.29, 0.717) is 31.2 Å². The SMILES string of the molecule is CCOc1ccc(CC(=O)N2C3CCC2CC(OC)C3)cc1. The second-order valence-electron chi connectivity index (χ2n) is 6.27. The van der Waals surface area contributed by atoms with E-state index in [0.717, 1.165) is 37.0 Å². The van der Waals surface area contributed by atoms with Crippen LogP contribution in [0, 0.1) is 0 Å². The van der Waals surface area contributed by atoms with Crippen LogP contribution in [0.5, 0.6) is 5.75 Å². The summed E-state index contributed by atoms with van der Waals surface area (Å²) in [5, 5.41) is 0. The van der Waals surface area contributed by atoms with Crippen LogP contribution in [-0.4, -0.2) is 42.7 Å². The van der Waals surface area contributed by atoms with E-state index in [-0.39, 0.29) is 5.91 Å². The molecule has 2 aliphatic rings. The van der Waals surface area contributed by atoms with Crippen molar-refractivity contribution < 1.29 is 14.3 Å². The van der Waals surface area contributed by atoms with Gasteiger partial charge in [-0.2, -0.15) is 0 Å². The Morgan fingerprint density at radius 1 is 1.18 bits per heavy atom. The summed E-state index contributed by atoms with van der Waals surface area (Å²) in [5.41, 5.74) is 1.06. The third-order valence-electron chi connectivity index (χ3n) is 4.90. The van der Waals surface area contributed by atoms with Gasteiger partial charge >= 0.3 is 0 Å². The predicted molar refractivity (Wildman–Crippen MR) is 85.0 cm³/mol. The zero-order chi connectivity index (χ0) is 15.5. The molecule has 3 rings (SSSR count). The highest BCUT2D eigenvalue weighted by Crippen LogP contribution is 2.37. The van der Waals surface area contributed by atoms with E-state index in [2.05, 4.69) is 4.90 Å². The molecule has 2 bridgehead atoms. The molecule has 2 saturated heterocycles. The van der Waals surface area contributed by atoms with Crippen molar-refractivity contribution in [2.75, 3.05) is 13.7 Å². The predicted octanol–water partition coefficient (Wildman–Crippen LogP) is 2.80. The monoisotopic (exact) mass is 303 g/mol. The van der Waals surface area contributed by atoms with Gasteiger partial charge in [0.05, 0.1) is 19.1 Å². The van der Waals surface area contributed by atoms with Crippen LogP contribution in [0.3, 0.4) is 0 Å². The van der Waals surface area contributed by atoms with Gasteiger partial charge in [-0.05, 0) is 50.3 Å². The summed E-state index contributed by atoms with van der Waals surface area (Å²) in [5.74, 6) is 1.12. The highest BCUT2D eigenvalue weighted by Gasteiger charge is 2.42. The van der Waals surface area contributed by atoms with Crippen LogP contribution >= 0.6 is 0 Å². The Labute approximate surface area is 132 Å². The van der Waals surface area contributed by atoms with E-state index in [1.54, 1.807) is 7.11 Å². The van der Waals surface area contributed by atoms with Crippen LogP contribution < -0.4 is 4.74 Å². The van der Waals surface area contributed by atoms with Gasteiger partial charge < -0.3 is 14.4 Å². The summed E-state index contributed by atoms with van der Waals surface area (Å²) in [6, 6.07) is 8.62. The van der Waals surface area contributed by atoms with Gasteiger partial charge in [-0.1, -0.05) is 12.1 Å². The van der Waals surface area contributed by atoms with Gasteiger partial charge in [0.1, 0.15) is 5.75 Å². The molecule has 0 aromatic heterocycles. The van der Waals surface area contributed by atoms with Gasteiger partial charge in [-0.15, -0.1) is 0 Å². The van der Waals surface area contributed by atoms with Crippen molar-refractivity contribution in [2.24, 2.45) is 0 Å². The fraction of sp³-hybridized carbons (Fsp3) is 0.611. The smallest absolute Gasteiger partial charge is 0.227 e. The van der Waals surface area contributed by atoms with Gasteiger partial charge in [-0.25, -0.2) is 0 Å². The standard InChI is InChI=1S/C18H25NO3/c1-3-22-16-8-4-13(5-9-16)10-18(20)19-14-6-7-15(19)12-17(11-14)21-2/h4-5,8-9,14-15,17H,3,6-7,10-12H2,1-2H3. The molecular formula is C18H25NO3. The molecule has 1 aromatic carbocycles. The lowest BCUT2D eigenvalue weighted by Crippen LogP contribution is -2.48. The maximum atomic E-state index is 12.7. The van der Waals surface area contributed by atoms with Crippen molar-refractivity contribution in [3.63, 3.8) is 0 Å². The van der Waals surface area contributed by atoms with Crippen LogP contribution in [-0.2, 0) is 16.0 Å². The number of carbonyl (C=O) groups is 1. The maximum absolute atomic E-state index is 12.7. The molecule has 2 unspecified atom stereocenters. The van der Waals surface area contributed by atoms with E-state index in [1.807, 2.05) is 31.2 Å². The minimum atomic E-state index is 0.256. The summed E-state index contributed by atoms with van der Waals surface area (Å²) in [6.45, 7) is 2.63. The number of carbonyl (C=O) groups excluding carboxylic acids is 1. The van der Waals surface area contributed by atoms with E-state index >= 15 is 0 Å². The Bertz CT molecular complexity index is 500. The highest BCUT2D eigenvalue weighted by molar-refractivity contribution is 5.80. The van der Waals surface area contributed by atoms with E-state index in [9.17, 15) is 4.79 Å². The molecule has 4 heteroatoms. The number of fused-ring (bicyclic) bond motifs is 2. The lowest BCUT2D eigenvalue weighted by molar-refractivity contribution is -0.137. The van der Waals surface area contributed by atoms with Gasteiger partial charge in [0.25, 0.3) is 0 Å². The van der Waals surface area contributed by atoms with Gasteiger partial charge in [0.2, 0.25) is 5.91 Å². The molecule has 0 spiro atoms. The number of ether oxygens (including phenoxy) is 2. The number of hydrogen-bond donors (Lipinski definition) is 0. The number of benzene rings is 1. The normalized spacial score (nSPS) is 27.0. The largest absolute Gasteiger partial charge is 0.494 e. The quantitative estimate of drug-likeness (QED) is 0.839. The summed E-state index contributed by atoms with van der Waals surface area (Å²) < 4.78 is 10.9. The van der Waals surface area contributed by atoms with E-state index in [4.69, 9.17) is 9.47 Å². The first kappa shape index (κ1) is 15.3. The highest BCUT2D eigenvalue weighted by atomic mass is 16.5. The van der Waals surface area contributed by atoms with Crippen molar-refractivity contribution >= 4 is 5.91 Å². The Morgan fingerprint density at radius 3 is 2.36 bits per heavy atom. The zero-order valence-corrected chi connectivity index (χ0v) is 13.5. The lowest BCUT2D eigenvalue weighted by Gasteiger charge is -2.38. The number of hydrogen-bond acceptors (Lipinski definition) is 3. The van der Waals surface area contributed by atoms with Gasteiger partial charge in [-0.3, -0.25) is 4.79 Å². The van der Waals surface area contributed by atoms with Crippen LogP contribution in [0.2, 0.25) is 0 Å². The maximum Gasteiger partial charge on any atom is 0.227 e. The second-order valence-corrected chi connectivity index (χ2v) is 6.27. The molecule has 0 N–H and O–H groups in total. The molecule has 120 valence electrons. The van der Waals surface area contributed by atoms with Gasteiger partial charge in [0.15, 0.2) is 0 Å². The molecule has 4 nitrogen and oxygen atoms in total. The molecule has 2 fully saturated rings. The molecule has 2 aliphatic heterocycles. The van der Waals surface area contributed by atoms with Crippen molar-refractivity contribution in [3.8, 4) is 5.75 Å². The number of rotatable bonds is 5. The first-order chi connectivity index (χ1) is 10.7. The third-order valence-corrected chi connectivity index (χ3v) is 4.90. The molecule has 0 aliphatic carbocycles. The van der Waals surface area contributed by atoms with Crippen molar-refractivity contribution in [1.82, 2.24) is 4.90 Å². The van der Waals surface area contributed by atoms with Crippen molar-refractivity contribution in [2.45, 2.75) is 57.2 Å². The lowest BCUT2D eigenvalue weighted by atomic mass is 9.98. The number of methoxy groups -OCH3 is 1. The van der Waals surface area contributed by atoms with Crippen LogP contribution in [0.4, 0.5) is 0 Å². The number of nitrogens with zero attached hydrogens (tertiary/aromatic N) is 1. The minimum Gasteiger partial charge on any atom is -0.494 e. The molecule has 22 heavy (non-hydrogen) atoms. The molecule has 2 atom stereocenters. The first-order valence-electron chi connectivity index (χ1n) is 8.27. The Balaban J connectivity index is 1.62. The van der Waals surface area contributed by atoms with Crippen LogP contribution in [0.25, 0.3) is 0 Å². The molecule has 2 heterocycles. The Hall–Kier alpha value is -1.55. The summed E-state index contributed by atoms with van der Waals surface area (Å²) in [7, 11) is 1.78. The number of piperidine rings is 1. The molecule has 1 amide bonds. The fourth-order valence-electron chi connectivity index (χ4n) is 3.86. The molecule has 0 saturated carbocycles. The average Bonchev–Trinajstić information content (AvgIpc) is 2.80. The van der Waals surface area contributed by atoms with E-state index < -0.39 is 0 Å². The van der Waals surface area contributed by atoms with Gasteiger partial charge in [0, 0.05) is 19.2 Å². The zero-order valence-electron chi connectivity index (χ0n) is 13.5. The molecular weight excluding hydrogens is 278 g/mol. The fourth-order valence-corrected chi connectivity index (χ4v) is 3.86.